The van der Waals surface area contributed by atoms with Gasteiger partial charge in [0.25, 0.3) is 0 Å². The Bertz CT molecular complexity index is 1840. The molecule has 4 heterocycles. The molecule has 0 bridgehead atoms. The molecule has 234 valence electrons. The lowest BCUT2D eigenvalue weighted by atomic mass is 9.96. The summed E-state index contributed by atoms with van der Waals surface area (Å²) in [6.07, 6.45) is 5.57. The molecule has 45 heavy (non-hydrogen) atoms. The molecule has 0 fully saturated rings. The molecule has 0 spiro atoms. The number of nitrogens with one attached hydrogen (secondary N) is 2. The minimum absolute atomic E-state index is 0.0183. The summed E-state index contributed by atoms with van der Waals surface area (Å²) in [7, 11) is 5.55. The first-order valence-corrected chi connectivity index (χ1v) is 15.2. The van der Waals surface area contributed by atoms with Crippen LogP contribution in [-0.4, -0.2) is 71.9 Å². The zero-order valence-electron chi connectivity index (χ0n) is 25.5. The third-order valence-electron chi connectivity index (χ3n) is 7.19. The SMILES string of the molecule is C=CC(=O)NC(C)c1cc(-c2nc(-c3cncc(CCN(C)C)c3)c3ccsc3c2-c2c(F)cc(F)cc2OCCOC)n[nH]1. The highest BCUT2D eigenvalue weighted by molar-refractivity contribution is 7.18. The number of ether oxygens (including phenoxy) is 2. The van der Waals surface area contributed by atoms with Crippen LogP contribution in [0.3, 0.4) is 0 Å². The Balaban J connectivity index is 1.75. The van der Waals surface area contributed by atoms with Crippen LogP contribution < -0.4 is 10.1 Å². The van der Waals surface area contributed by atoms with Gasteiger partial charge in [0.1, 0.15) is 35.4 Å². The molecule has 0 radical (unpaired) electrons. The van der Waals surface area contributed by atoms with Crippen LogP contribution in [0.25, 0.3) is 43.9 Å². The zero-order valence-corrected chi connectivity index (χ0v) is 26.3. The van der Waals surface area contributed by atoms with Crippen LogP contribution in [0.4, 0.5) is 8.78 Å². The molecule has 5 rings (SSSR count). The van der Waals surface area contributed by atoms with E-state index in [-0.39, 0.29) is 30.4 Å². The second-order valence-corrected chi connectivity index (χ2v) is 11.6. The van der Waals surface area contributed by atoms with Crippen molar-refractivity contribution in [3.05, 3.63) is 83.7 Å². The number of rotatable bonds is 13. The number of fused-ring (bicyclic) bond motifs is 1. The first-order chi connectivity index (χ1) is 21.7. The number of benzene rings is 1. The maximum absolute atomic E-state index is 15.9. The van der Waals surface area contributed by atoms with Gasteiger partial charge in [-0.05, 0) is 62.7 Å². The lowest BCUT2D eigenvalue weighted by Crippen LogP contribution is -2.24. The number of aromatic amines is 1. The van der Waals surface area contributed by atoms with E-state index >= 15 is 4.39 Å². The molecule has 1 atom stereocenters. The van der Waals surface area contributed by atoms with Crippen molar-refractivity contribution in [1.29, 1.82) is 0 Å². The fourth-order valence-corrected chi connectivity index (χ4v) is 5.89. The summed E-state index contributed by atoms with van der Waals surface area (Å²) < 4.78 is 42.1. The summed E-state index contributed by atoms with van der Waals surface area (Å²) in [5.41, 5.74) is 4.31. The molecular weight excluding hydrogens is 598 g/mol. The van der Waals surface area contributed by atoms with Crippen LogP contribution >= 0.6 is 11.3 Å². The molecule has 9 nitrogen and oxygen atoms in total. The van der Waals surface area contributed by atoms with Crippen molar-refractivity contribution in [2.45, 2.75) is 19.4 Å². The number of amides is 1. The van der Waals surface area contributed by atoms with Crippen molar-refractivity contribution in [1.82, 2.24) is 30.4 Å². The van der Waals surface area contributed by atoms with Crippen LogP contribution in [-0.2, 0) is 16.0 Å². The van der Waals surface area contributed by atoms with E-state index in [4.69, 9.17) is 14.5 Å². The molecule has 1 aromatic carbocycles. The van der Waals surface area contributed by atoms with Gasteiger partial charge >= 0.3 is 0 Å². The molecule has 5 aromatic rings. The van der Waals surface area contributed by atoms with E-state index in [1.807, 2.05) is 31.7 Å². The first-order valence-electron chi connectivity index (χ1n) is 14.3. The first kappa shape index (κ1) is 31.9. The Labute approximate surface area is 263 Å². The van der Waals surface area contributed by atoms with Crippen molar-refractivity contribution in [2.24, 2.45) is 0 Å². The van der Waals surface area contributed by atoms with Crippen molar-refractivity contribution in [2.75, 3.05) is 41.0 Å². The number of likely N-dealkylation sites (N-methyl/N-ethyl adjacent to an activating group) is 1. The van der Waals surface area contributed by atoms with Gasteiger partial charge in [-0.1, -0.05) is 6.58 Å². The molecule has 12 heteroatoms. The van der Waals surface area contributed by atoms with Crippen molar-refractivity contribution < 1.29 is 23.0 Å². The number of H-pyrrole nitrogens is 1. The van der Waals surface area contributed by atoms with E-state index in [1.54, 1.807) is 19.2 Å². The van der Waals surface area contributed by atoms with Gasteiger partial charge in [0.05, 0.1) is 29.6 Å². The Morgan fingerprint density at radius 3 is 2.73 bits per heavy atom. The summed E-state index contributed by atoms with van der Waals surface area (Å²) in [6.45, 7) is 6.47. The van der Waals surface area contributed by atoms with E-state index in [1.165, 1.54) is 24.5 Å². The number of hydrogen-bond donors (Lipinski definition) is 2. The van der Waals surface area contributed by atoms with Gasteiger partial charge in [0.2, 0.25) is 5.91 Å². The lowest BCUT2D eigenvalue weighted by molar-refractivity contribution is -0.117. The van der Waals surface area contributed by atoms with Crippen LogP contribution in [0, 0.1) is 11.6 Å². The fraction of sp³-hybridized carbons (Fsp3) is 0.273. The normalized spacial score (nSPS) is 12.1. The minimum Gasteiger partial charge on any atom is -0.490 e. The number of thiophene rings is 1. The van der Waals surface area contributed by atoms with Crippen molar-refractivity contribution in [3.8, 4) is 39.5 Å². The number of pyridine rings is 2. The number of nitrogens with zero attached hydrogens (tertiary/aromatic N) is 4. The quantitative estimate of drug-likeness (QED) is 0.118. The average molecular weight is 633 g/mol. The molecule has 0 saturated carbocycles. The number of halogens is 2. The molecular formula is C33H34F2N6O3S. The number of aromatic nitrogens is 4. The number of carbonyl (C=O) groups is 1. The Hall–Kier alpha value is -4.52. The van der Waals surface area contributed by atoms with Gasteiger partial charge in [-0.2, -0.15) is 5.10 Å². The highest BCUT2D eigenvalue weighted by atomic mass is 32.1. The van der Waals surface area contributed by atoms with Gasteiger partial charge in [0, 0.05) is 59.4 Å². The summed E-state index contributed by atoms with van der Waals surface area (Å²) >= 11 is 1.41. The van der Waals surface area contributed by atoms with E-state index in [9.17, 15) is 9.18 Å². The molecule has 0 aliphatic rings. The fourth-order valence-electron chi connectivity index (χ4n) is 4.94. The van der Waals surface area contributed by atoms with Gasteiger partial charge in [-0.3, -0.25) is 14.9 Å². The van der Waals surface area contributed by atoms with E-state index < -0.39 is 17.7 Å². The second kappa shape index (κ2) is 14.1. The van der Waals surface area contributed by atoms with Gasteiger partial charge in [-0.25, -0.2) is 13.8 Å². The predicted molar refractivity (Wildman–Crippen MR) is 172 cm³/mol. The number of hydrogen-bond acceptors (Lipinski definition) is 8. The van der Waals surface area contributed by atoms with Crippen LogP contribution in [0.15, 0.2) is 60.8 Å². The summed E-state index contributed by atoms with van der Waals surface area (Å²) in [5.74, 6) is -1.90. The third kappa shape index (κ3) is 7.08. The molecule has 0 saturated heterocycles. The van der Waals surface area contributed by atoms with Crippen LogP contribution in [0.1, 0.15) is 24.2 Å². The number of carbonyl (C=O) groups excluding carboxylic acids is 1. The predicted octanol–water partition coefficient (Wildman–Crippen LogP) is 6.19. The van der Waals surface area contributed by atoms with Crippen molar-refractivity contribution >= 4 is 27.3 Å². The van der Waals surface area contributed by atoms with E-state index in [0.717, 1.165) is 41.6 Å². The van der Waals surface area contributed by atoms with Crippen LogP contribution in [0.5, 0.6) is 5.75 Å². The summed E-state index contributed by atoms with van der Waals surface area (Å²) in [4.78, 5) is 23.7. The third-order valence-corrected chi connectivity index (χ3v) is 8.12. The maximum atomic E-state index is 15.9. The molecule has 0 aliphatic carbocycles. The van der Waals surface area contributed by atoms with Crippen molar-refractivity contribution in [3.63, 3.8) is 0 Å². The Morgan fingerprint density at radius 2 is 1.98 bits per heavy atom. The summed E-state index contributed by atoms with van der Waals surface area (Å²) in [5, 5.41) is 13.0. The van der Waals surface area contributed by atoms with Gasteiger partial charge < -0.3 is 19.7 Å². The van der Waals surface area contributed by atoms with Gasteiger partial charge in [0.15, 0.2) is 0 Å². The Morgan fingerprint density at radius 1 is 1.16 bits per heavy atom. The smallest absolute Gasteiger partial charge is 0.243 e. The Kier molecular flexibility index (Phi) is 9.96. The molecule has 1 amide bonds. The monoisotopic (exact) mass is 632 g/mol. The van der Waals surface area contributed by atoms with Crippen LogP contribution in [0.2, 0.25) is 0 Å². The lowest BCUT2D eigenvalue weighted by Gasteiger charge is -2.17. The topological polar surface area (TPSA) is 105 Å². The largest absolute Gasteiger partial charge is 0.490 e. The molecule has 2 N–H and O–H groups in total. The highest BCUT2D eigenvalue weighted by Gasteiger charge is 2.27. The van der Waals surface area contributed by atoms with Gasteiger partial charge in [-0.15, -0.1) is 11.3 Å². The highest BCUT2D eigenvalue weighted by Crippen LogP contribution is 2.47. The molecule has 1 unspecified atom stereocenters. The zero-order chi connectivity index (χ0) is 32.1. The number of methoxy groups -OCH3 is 1. The molecule has 4 aromatic heterocycles. The maximum Gasteiger partial charge on any atom is 0.243 e. The standard InChI is InChI=1S/C33H34F2N6O3S/c1-6-28(42)37-19(2)25-16-26(40-39-25)32-30(29-24(35)14-22(34)15-27(29)44-11-10-43-5)33-23(8-12-45-33)31(38-32)21-13-20(17-36-18-21)7-9-41(3)4/h6,8,12-19H,1,7,9-11H2,2-5H3,(H,37,42)(H,39,40). The second-order valence-electron chi connectivity index (χ2n) is 10.7. The van der Waals surface area contributed by atoms with E-state index in [2.05, 4.69) is 38.0 Å². The molecule has 0 aliphatic heterocycles. The minimum atomic E-state index is -0.803. The average Bonchev–Trinajstić information content (AvgIpc) is 3.71. The van der Waals surface area contributed by atoms with E-state index in [0.29, 0.717) is 33.0 Å². The summed E-state index contributed by atoms with van der Waals surface area (Å²) in [6, 6.07) is 7.29.